The van der Waals surface area contributed by atoms with Gasteiger partial charge in [0, 0.05) is 31.3 Å². The number of anilines is 1. The molecule has 0 spiro atoms. The van der Waals surface area contributed by atoms with E-state index in [1.165, 1.54) is 11.8 Å². The molecule has 0 heterocycles. The molecular weight excluding hydrogens is 230 g/mol. The Morgan fingerprint density at radius 2 is 2.11 bits per heavy atom. The van der Waals surface area contributed by atoms with Crippen molar-refractivity contribution in [3.05, 3.63) is 42.2 Å². The van der Waals surface area contributed by atoms with Crippen LogP contribution in [0.4, 0.5) is 10.5 Å². The predicted molar refractivity (Wildman–Crippen MR) is 73.2 cm³/mol. The lowest BCUT2D eigenvalue weighted by atomic mass is 10.2. The molecular formula is C13H17N3O2. The highest BCUT2D eigenvalue weighted by Crippen LogP contribution is 2.13. The van der Waals surface area contributed by atoms with Crippen LogP contribution in [0, 0.1) is 6.92 Å². The minimum atomic E-state index is -1.05. The molecule has 18 heavy (non-hydrogen) atoms. The standard InChI is InChI=1S/C13H17N3O2/c1-11-3-5-12(6-4-11)16(2)10-9-14-7-8-15-13(17)18/h3-7,9-10,15H,8H2,1-2H3,(H,17,18)/b10-9-,14-7?. The van der Waals surface area contributed by atoms with Gasteiger partial charge in [-0.15, -0.1) is 0 Å². The van der Waals surface area contributed by atoms with Gasteiger partial charge in [0.05, 0.1) is 6.54 Å². The zero-order valence-electron chi connectivity index (χ0n) is 10.5. The molecule has 1 aromatic rings. The van der Waals surface area contributed by atoms with Crippen molar-refractivity contribution in [2.45, 2.75) is 6.92 Å². The number of hydrogen-bond acceptors (Lipinski definition) is 3. The molecule has 0 atom stereocenters. The van der Waals surface area contributed by atoms with E-state index in [1.807, 2.05) is 49.3 Å². The van der Waals surface area contributed by atoms with Crippen molar-refractivity contribution in [3.63, 3.8) is 0 Å². The Morgan fingerprint density at radius 1 is 1.44 bits per heavy atom. The van der Waals surface area contributed by atoms with Crippen LogP contribution in [0.5, 0.6) is 0 Å². The number of carboxylic acid groups (broad SMARTS) is 1. The van der Waals surface area contributed by atoms with Crippen molar-refractivity contribution >= 4 is 18.0 Å². The lowest BCUT2D eigenvalue weighted by molar-refractivity contribution is 0.196. The number of amides is 1. The van der Waals surface area contributed by atoms with Crippen molar-refractivity contribution in [1.82, 2.24) is 5.32 Å². The van der Waals surface area contributed by atoms with E-state index in [0.717, 1.165) is 5.69 Å². The molecule has 0 fully saturated rings. The molecule has 0 aromatic heterocycles. The number of hydrogen-bond donors (Lipinski definition) is 2. The Labute approximate surface area is 106 Å². The Hall–Kier alpha value is -2.30. The van der Waals surface area contributed by atoms with Gasteiger partial charge in [-0.2, -0.15) is 0 Å². The van der Waals surface area contributed by atoms with E-state index in [0.29, 0.717) is 0 Å². The summed E-state index contributed by atoms with van der Waals surface area (Å²) in [6, 6.07) is 8.13. The first-order valence-electron chi connectivity index (χ1n) is 5.54. The van der Waals surface area contributed by atoms with Crippen LogP contribution in [0.1, 0.15) is 5.56 Å². The summed E-state index contributed by atoms with van der Waals surface area (Å²) in [7, 11) is 1.92. The minimum Gasteiger partial charge on any atom is -0.465 e. The normalized spacial score (nSPS) is 11.0. The number of benzene rings is 1. The molecule has 96 valence electrons. The monoisotopic (exact) mass is 247 g/mol. The zero-order chi connectivity index (χ0) is 13.4. The van der Waals surface area contributed by atoms with Crippen LogP contribution in [0.25, 0.3) is 0 Å². The second-order valence-electron chi connectivity index (χ2n) is 3.76. The van der Waals surface area contributed by atoms with Gasteiger partial charge in [-0.25, -0.2) is 4.79 Å². The molecule has 1 rings (SSSR count). The molecule has 2 N–H and O–H groups in total. The number of aliphatic imine (C=N–C) groups is 1. The quantitative estimate of drug-likeness (QED) is 0.784. The van der Waals surface area contributed by atoms with Gasteiger partial charge < -0.3 is 15.3 Å². The summed E-state index contributed by atoms with van der Waals surface area (Å²) < 4.78 is 0. The largest absolute Gasteiger partial charge is 0.465 e. The molecule has 0 aliphatic heterocycles. The lowest BCUT2D eigenvalue weighted by Crippen LogP contribution is -2.22. The second-order valence-corrected chi connectivity index (χ2v) is 3.76. The van der Waals surface area contributed by atoms with E-state index < -0.39 is 6.09 Å². The van der Waals surface area contributed by atoms with Crippen LogP contribution in [0.2, 0.25) is 0 Å². The van der Waals surface area contributed by atoms with E-state index in [1.54, 1.807) is 6.20 Å². The predicted octanol–water partition coefficient (Wildman–Crippen LogP) is 2.24. The van der Waals surface area contributed by atoms with Crippen molar-refractivity contribution in [1.29, 1.82) is 0 Å². The topological polar surface area (TPSA) is 64.9 Å². The lowest BCUT2D eigenvalue weighted by Gasteiger charge is -2.13. The fraction of sp³-hybridized carbons (Fsp3) is 0.231. The molecule has 5 heteroatoms. The first kappa shape index (κ1) is 13.8. The number of nitrogens with one attached hydrogen (secondary N) is 1. The summed E-state index contributed by atoms with van der Waals surface area (Å²) in [5.41, 5.74) is 2.28. The maximum Gasteiger partial charge on any atom is 0.404 e. The van der Waals surface area contributed by atoms with Gasteiger partial charge in [0.2, 0.25) is 0 Å². The fourth-order valence-corrected chi connectivity index (χ4v) is 1.25. The van der Waals surface area contributed by atoms with E-state index >= 15 is 0 Å². The first-order chi connectivity index (χ1) is 8.59. The Morgan fingerprint density at radius 3 is 2.72 bits per heavy atom. The third kappa shape index (κ3) is 5.16. The second kappa shape index (κ2) is 7.11. The van der Waals surface area contributed by atoms with Crippen LogP contribution in [-0.2, 0) is 0 Å². The van der Waals surface area contributed by atoms with E-state index in [4.69, 9.17) is 5.11 Å². The van der Waals surface area contributed by atoms with Gasteiger partial charge in [-0.05, 0) is 19.1 Å². The van der Waals surface area contributed by atoms with Crippen LogP contribution in [0.15, 0.2) is 41.7 Å². The van der Waals surface area contributed by atoms with E-state index in [2.05, 4.69) is 10.3 Å². The average Bonchev–Trinajstić information content (AvgIpc) is 2.34. The maximum atomic E-state index is 10.2. The van der Waals surface area contributed by atoms with Gasteiger partial charge in [0.25, 0.3) is 0 Å². The zero-order valence-corrected chi connectivity index (χ0v) is 10.5. The minimum absolute atomic E-state index is 0.202. The molecule has 0 aliphatic rings. The van der Waals surface area contributed by atoms with Crippen molar-refractivity contribution in [2.24, 2.45) is 4.99 Å². The molecule has 5 nitrogen and oxygen atoms in total. The van der Waals surface area contributed by atoms with Gasteiger partial charge >= 0.3 is 6.09 Å². The van der Waals surface area contributed by atoms with Crippen LogP contribution >= 0.6 is 0 Å². The smallest absolute Gasteiger partial charge is 0.404 e. The molecule has 0 saturated carbocycles. The van der Waals surface area contributed by atoms with Crippen molar-refractivity contribution in [2.75, 3.05) is 18.5 Å². The highest BCUT2D eigenvalue weighted by molar-refractivity contribution is 5.71. The number of rotatable bonds is 5. The molecule has 1 aromatic carbocycles. The van der Waals surface area contributed by atoms with Crippen LogP contribution in [-0.4, -0.2) is 31.0 Å². The summed E-state index contributed by atoms with van der Waals surface area (Å²) >= 11 is 0. The number of nitrogens with zero attached hydrogens (tertiary/aromatic N) is 2. The Bertz CT molecular complexity index is 438. The third-order valence-corrected chi connectivity index (χ3v) is 2.27. The summed E-state index contributed by atoms with van der Waals surface area (Å²) in [5.74, 6) is 0. The summed E-state index contributed by atoms with van der Waals surface area (Å²) in [6.07, 6.45) is 3.86. The third-order valence-electron chi connectivity index (χ3n) is 2.27. The molecule has 0 unspecified atom stereocenters. The van der Waals surface area contributed by atoms with E-state index in [-0.39, 0.29) is 6.54 Å². The highest BCUT2D eigenvalue weighted by atomic mass is 16.4. The van der Waals surface area contributed by atoms with Gasteiger partial charge in [-0.1, -0.05) is 17.7 Å². The van der Waals surface area contributed by atoms with Crippen molar-refractivity contribution in [3.8, 4) is 0 Å². The average molecular weight is 247 g/mol. The SMILES string of the molecule is Cc1ccc(N(C)/C=C\N=CCNC(=O)O)cc1. The summed E-state index contributed by atoms with van der Waals surface area (Å²) in [5, 5.41) is 10.5. The van der Waals surface area contributed by atoms with Gasteiger partial charge in [-0.3, -0.25) is 4.99 Å². The van der Waals surface area contributed by atoms with Gasteiger partial charge in [0.1, 0.15) is 0 Å². The van der Waals surface area contributed by atoms with Crippen molar-refractivity contribution < 1.29 is 9.90 Å². The molecule has 0 bridgehead atoms. The van der Waals surface area contributed by atoms with Crippen LogP contribution in [0.3, 0.4) is 0 Å². The van der Waals surface area contributed by atoms with Crippen LogP contribution < -0.4 is 10.2 Å². The summed E-state index contributed by atoms with van der Waals surface area (Å²) in [4.78, 5) is 16.0. The summed E-state index contributed by atoms with van der Waals surface area (Å²) in [6.45, 7) is 2.24. The highest BCUT2D eigenvalue weighted by Gasteiger charge is 1.94. The molecule has 0 aliphatic carbocycles. The fourth-order valence-electron chi connectivity index (χ4n) is 1.25. The molecule has 1 amide bonds. The number of aryl methyl sites for hydroxylation is 1. The molecule has 0 saturated heterocycles. The van der Waals surface area contributed by atoms with E-state index in [9.17, 15) is 4.79 Å². The maximum absolute atomic E-state index is 10.2. The first-order valence-corrected chi connectivity index (χ1v) is 5.54. The number of carbonyl (C=O) groups is 1. The Balaban J connectivity index is 2.42. The molecule has 0 radical (unpaired) electrons. The Kier molecular flexibility index (Phi) is 5.44. The van der Waals surface area contributed by atoms with Gasteiger partial charge in [0.15, 0.2) is 0 Å².